The van der Waals surface area contributed by atoms with Crippen LogP contribution in [-0.4, -0.2) is 106 Å². The first-order valence-corrected chi connectivity index (χ1v) is 19.1. The Kier molecular flexibility index (Phi) is 10.1. The molecule has 1 aliphatic carbocycles. The lowest BCUT2D eigenvalue weighted by molar-refractivity contribution is -0.136. The molecule has 3 N–H and O–H groups in total. The van der Waals surface area contributed by atoms with Gasteiger partial charge in [-0.3, -0.25) is 39.0 Å². The monoisotopic (exact) mass is 757 g/mol. The van der Waals surface area contributed by atoms with Crippen molar-refractivity contribution < 1.29 is 28.8 Å². The van der Waals surface area contributed by atoms with Gasteiger partial charge in [-0.15, -0.1) is 0 Å². The van der Waals surface area contributed by atoms with Crippen LogP contribution in [0.3, 0.4) is 0 Å². The van der Waals surface area contributed by atoms with E-state index in [9.17, 15) is 28.8 Å². The standard InChI is InChI=1S/C41H43N9O6/c1-25(51)49(30-9-6-27(7-10-30)44-41-43-23-26-4-2-3-5-34(26)45-41)31-13-11-29(12-14-31)47-18-20-48(21-19-47)37(53)24-42-28-8-15-32-33(22-28)40(56)50(39(32)55)35-16-17-36(52)46-38(35)54/h2-5,8,11-15,22-23,27,30,35,42H,6-7,9-10,16-21,24H2,1H3,(H,43,44,45)(H,46,52,54). The fraction of sp³-hybridized carbons (Fsp3) is 0.366. The molecule has 3 aliphatic heterocycles. The molecule has 1 saturated carbocycles. The number of nitrogens with zero attached hydrogens (tertiary/aromatic N) is 6. The third-order valence-electron chi connectivity index (χ3n) is 11.2. The first-order chi connectivity index (χ1) is 27.1. The van der Waals surface area contributed by atoms with E-state index in [4.69, 9.17) is 0 Å². The summed E-state index contributed by atoms with van der Waals surface area (Å²) in [6.07, 6.45) is 5.51. The van der Waals surface area contributed by atoms with Crippen molar-refractivity contribution in [1.29, 1.82) is 0 Å². The van der Waals surface area contributed by atoms with Gasteiger partial charge in [-0.25, -0.2) is 9.97 Å². The van der Waals surface area contributed by atoms with Crippen LogP contribution < -0.4 is 25.8 Å². The molecule has 3 fully saturated rings. The summed E-state index contributed by atoms with van der Waals surface area (Å²) < 4.78 is 0. The summed E-state index contributed by atoms with van der Waals surface area (Å²) in [5.41, 5.74) is 3.63. The van der Waals surface area contributed by atoms with E-state index in [-0.39, 0.29) is 54.4 Å². The van der Waals surface area contributed by atoms with E-state index < -0.39 is 29.7 Å². The van der Waals surface area contributed by atoms with Crippen LogP contribution in [0.5, 0.6) is 0 Å². The Morgan fingerprint density at radius 3 is 2.32 bits per heavy atom. The zero-order valence-electron chi connectivity index (χ0n) is 31.1. The highest BCUT2D eigenvalue weighted by Crippen LogP contribution is 2.32. The maximum atomic E-state index is 13.2. The van der Waals surface area contributed by atoms with Crippen LogP contribution in [0.1, 0.15) is 66.2 Å². The molecule has 1 unspecified atom stereocenters. The summed E-state index contributed by atoms with van der Waals surface area (Å²) in [5.74, 6) is -1.73. The molecule has 8 rings (SSSR count). The lowest BCUT2D eigenvalue weighted by Gasteiger charge is -2.38. The zero-order chi connectivity index (χ0) is 38.9. The normalized spacial score (nSPS) is 21.2. The first-order valence-electron chi connectivity index (χ1n) is 19.1. The minimum atomic E-state index is -1.04. The van der Waals surface area contributed by atoms with Gasteiger partial charge in [-0.1, -0.05) is 18.2 Å². The Balaban J connectivity index is 0.810. The van der Waals surface area contributed by atoms with Gasteiger partial charge in [0, 0.05) is 80.3 Å². The second kappa shape index (κ2) is 15.4. The number of fused-ring (bicyclic) bond motifs is 2. The molecule has 1 aromatic heterocycles. The molecule has 1 atom stereocenters. The number of para-hydroxylation sites is 1. The molecule has 56 heavy (non-hydrogen) atoms. The number of hydrogen-bond donors (Lipinski definition) is 3. The van der Waals surface area contributed by atoms with E-state index in [2.05, 4.69) is 30.8 Å². The summed E-state index contributed by atoms with van der Waals surface area (Å²) in [4.78, 5) is 92.2. The number of carbonyl (C=O) groups is 6. The second-order valence-electron chi connectivity index (χ2n) is 14.7. The van der Waals surface area contributed by atoms with Crippen LogP contribution in [0.15, 0.2) is 72.9 Å². The molecule has 4 aromatic rings. The number of anilines is 4. The van der Waals surface area contributed by atoms with Crippen LogP contribution in [0.25, 0.3) is 10.9 Å². The van der Waals surface area contributed by atoms with Crippen molar-refractivity contribution in [1.82, 2.24) is 25.1 Å². The second-order valence-corrected chi connectivity index (χ2v) is 14.7. The van der Waals surface area contributed by atoms with E-state index in [0.29, 0.717) is 37.8 Å². The highest BCUT2D eigenvalue weighted by molar-refractivity contribution is 6.23. The summed E-state index contributed by atoms with van der Waals surface area (Å²) in [5, 5.41) is 9.77. The maximum Gasteiger partial charge on any atom is 0.262 e. The minimum Gasteiger partial charge on any atom is -0.376 e. The summed E-state index contributed by atoms with van der Waals surface area (Å²) >= 11 is 0. The lowest BCUT2D eigenvalue weighted by atomic mass is 9.89. The van der Waals surface area contributed by atoms with Crippen LogP contribution >= 0.6 is 0 Å². The fourth-order valence-electron chi connectivity index (χ4n) is 8.26. The number of benzene rings is 3. The number of hydrogen-bond acceptors (Lipinski definition) is 11. The van der Waals surface area contributed by atoms with Gasteiger partial charge < -0.3 is 25.3 Å². The lowest BCUT2D eigenvalue weighted by Crippen LogP contribution is -2.54. The molecule has 6 amide bonds. The Hall–Kier alpha value is -6.38. The topological polar surface area (TPSA) is 177 Å². The number of rotatable bonds is 9. The van der Waals surface area contributed by atoms with Gasteiger partial charge >= 0.3 is 0 Å². The molecule has 15 heteroatoms. The van der Waals surface area contributed by atoms with Gasteiger partial charge in [0.25, 0.3) is 11.8 Å². The van der Waals surface area contributed by atoms with Crippen molar-refractivity contribution in [3.63, 3.8) is 0 Å². The molecule has 0 bridgehead atoms. The summed E-state index contributed by atoms with van der Waals surface area (Å²) in [6, 6.07) is 20.0. The van der Waals surface area contributed by atoms with Crippen LogP contribution in [-0.2, 0) is 19.2 Å². The van der Waals surface area contributed by atoms with E-state index in [1.54, 1.807) is 17.9 Å². The predicted octanol–water partition coefficient (Wildman–Crippen LogP) is 3.57. The van der Waals surface area contributed by atoms with Crippen LogP contribution in [0.4, 0.5) is 23.0 Å². The predicted molar refractivity (Wildman–Crippen MR) is 209 cm³/mol. The van der Waals surface area contributed by atoms with Crippen molar-refractivity contribution in [3.8, 4) is 0 Å². The molecule has 288 valence electrons. The Labute approximate surface area is 323 Å². The average Bonchev–Trinajstić information content (AvgIpc) is 3.45. The molecule has 15 nitrogen and oxygen atoms in total. The molecule has 3 aromatic carbocycles. The molecular formula is C41H43N9O6. The number of imide groups is 2. The number of piperidine rings is 1. The molecular weight excluding hydrogens is 715 g/mol. The third kappa shape index (κ3) is 7.36. The van der Waals surface area contributed by atoms with Crippen molar-refractivity contribution >= 4 is 69.4 Å². The van der Waals surface area contributed by atoms with E-state index >= 15 is 0 Å². The highest BCUT2D eigenvalue weighted by Gasteiger charge is 2.44. The van der Waals surface area contributed by atoms with Crippen molar-refractivity contribution in [3.05, 3.63) is 84.1 Å². The Bertz CT molecular complexity index is 2210. The minimum absolute atomic E-state index is 0.00253. The maximum absolute atomic E-state index is 13.2. The third-order valence-corrected chi connectivity index (χ3v) is 11.2. The molecule has 0 spiro atoms. The smallest absolute Gasteiger partial charge is 0.262 e. The molecule has 4 aliphatic rings. The van der Waals surface area contributed by atoms with Crippen LogP contribution in [0, 0.1) is 0 Å². The quantitative estimate of drug-likeness (QED) is 0.213. The number of amides is 6. The summed E-state index contributed by atoms with van der Waals surface area (Å²) in [6.45, 7) is 3.97. The molecule has 2 saturated heterocycles. The first kappa shape index (κ1) is 36.6. The van der Waals surface area contributed by atoms with Crippen molar-refractivity contribution in [2.24, 2.45) is 0 Å². The number of piperazine rings is 1. The fourth-order valence-corrected chi connectivity index (χ4v) is 8.26. The van der Waals surface area contributed by atoms with Crippen molar-refractivity contribution in [2.75, 3.05) is 53.2 Å². The number of nitrogens with one attached hydrogen (secondary N) is 3. The van der Waals surface area contributed by atoms with Gasteiger partial charge in [-0.2, -0.15) is 0 Å². The van der Waals surface area contributed by atoms with Gasteiger partial charge in [-0.05, 0) is 80.6 Å². The molecule has 4 heterocycles. The van der Waals surface area contributed by atoms with Gasteiger partial charge in [0.15, 0.2) is 0 Å². The van der Waals surface area contributed by atoms with Gasteiger partial charge in [0.05, 0.1) is 23.2 Å². The molecule has 0 radical (unpaired) electrons. The largest absolute Gasteiger partial charge is 0.376 e. The van der Waals surface area contributed by atoms with Gasteiger partial charge in [0.1, 0.15) is 6.04 Å². The van der Waals surface area contributed by atoms with E-state index in [1.165, 1.54) is 12.1 Å². The highest BCUT2D eigenvalue weighted by atomic mass is 16.2. The van der Waals surface area contributed by atoms with E-state index in [0.717, 1.165) is 52.9 Å². The van der Waals surface area contributed by atoms with E-state index in [1.807, 2.05) is 59.6 Å². The average molecular weight is 758 g/mol. The Morgan fingerprint density at radius 1 is 0.857 bits per heavy atom. The zero-order valence-corrected chi connectivity index (χ0v) is 31.1. The SMILES string of the molecule is CC(=O)N(c1ccc(N2CCN(C(=O)CNc3ccc4c(c3)C(=O)N(C3CCC(=O)NC3=O)C4=O)CC2)cc1)C1CCC(Nc2ncc3ccccc3n2)CC1. The number of carbonyl (C=O) groups excluding carboxylic acids is 6. The Morgan fingerprint density at radius 2 is 1.59 bits per heavy atom. The number of aromatic nitrogens is 2. The van der Waals surface area contributed by atoms with Crippen LogP contribution in [0.2, 0.25) is 0 Å². The van der Waals surface area contributed by atoms with Crippen molar-refractivity contribution in [2.45, 2.75) is 63.6 Å². The van der Waals surface area contributed by atoms with Gasteiger partial charge in [0.2, 0.25) is 29.6 Å². The summed E-state index contributed by atoms with van der Waals surface area (Å²) in [7, 11) is 0.